The van der Waals surface area contributed by atoms with E-state index in [2.05, 4.69) is 36.4 Å². The minimum absolute atomic E-state index is 0.0781. The fourth-order valence-electron chi connectivity index (χ4n) is 3.42. The van der Waals surface area contributed by atoms with E-state index in [1.165, 1.54) is 0 Å². The maximum Gasteiger partial charge on any atom is 0.154 e. The number of carbonyl (C=O) groups excluding carboxylic acids is 1. The van der Waals surface area contributed by atoms with Gasteiger partial charge in [0.1, 0.15) is 5.41 Å². The average Bonchev–Trinajstić information content (AvgIpc) is 2.65. The van der Waals surface area contributed by atoms with Gasteiger partial charge in [-0.3, -0.25) is 4.79 Å². The summed E-state index contributed by atoms with van der Waals surface area (Å²) in [4.78, 5) is 13.6. The molecule has 1 nitrogen and oxygen atoms in total. The molecule has 1 heteroatoms. The number of ketones is 1. The standard InChI is InChI=1S/C23H22O/c1-18(2)22(24)23(19-12-6-3-7-13-19,20-14-8-4-9-15-20)21-16-10-5-11-17-21/h3-18H,1-2H3. The Morgan fingerprint density at radius 2 is 0.917 bits per heavy atom. The van der Waals surface area contributed by atoms with E-state index in [9.17, 15) is 4.79 Å². The molecule has 120 valence electrons. The summed E-state index contributed by atoms with van der Waals surface area (Å²) in [6.07, 6.45) is 0. The molecule has 0 spiro atoms. The first-order valence-electron chi connectivity index (χ1n) is 8.38. The first-order valence-corrected chi connectivity index (χ1v) is 8.38. The van der Waals surface area contributed by atoms with Gasteiger partial charge < -0.3 is 0 Å². The molecular weight excluding hydrogens is 292 g/mol. The van der Waals surface area contributed by atoms with Gasteiger partial charge in [0.2, 0.25) is 0 Å². The summed E-state index contributed by atoms with van der Waals surface area (Å²) in [5.41, 5.74) is 2.26. The number of rotatable bonds is 5. The van der Waals surface area contributed by atoms with Gasteiger partial charge in [-0.15, -0.1) is 0 Å². The van der Waals surface area contributed by atoms with Gasteiger partial charge in [0.25, 0.3) is 0 Å². The van der Waals surface area contributed by atoms with Gasteiger partial charge in [0.15, 0.2) is 5.78 Å². The fraction of sp³-hybridized carbons (Fsp3) is 0.174. The van der Waals surface area contributed by atoms with Crippen molar-refractivity contribution in [1.29, 1.82) is 0 Å². The van der Waals surface area contributed by atoms with Crippen LogP contribution in [0.5, 0.6) is 0 Å². The molecule has 0 radical (unpaired) electrons. The van der Waals surface area contributed by atoms with Crippen molar-refractivity contribution in [2.24, 2.45) is 5.92 Å². The van der Waals surface area contributed by atoms with Crippen LogP contribution < -0.4 is 0 Å². The summed E-state index contributed by atoms with van der Waals surface area (Å²) in [7, 11) is 0. The molecule has 0 saturated heterocycles. The summed E-state index contributed by atoms with van der Waals surface area (Å²) >= 11 is 0. The molecule has 0 aliphatic carbocycles. The zero-order valence-corrected chi connectivity index (χ0v) is 14.1. The van der Waals surface area contributed by atoms with Gasteiger partial charge in [-0.1, -0.05) is 105 Å². The van der Waals surface area contributed by atoms with Gasteiger partial charge in [-0.05, 0) is 16.7 Å². The number of Topliss-reactive ketones (excluding diaryl/α,β-unsaturated/α-hetero) is 1. The Balaban J connectivity index is 2.40. The van der Waals surface area contributed by atoms with Crippen LogP contribution in [0.2, 0.25) is 0 Å². The Morgan fingerprint density at radius 3 is 1.17 bits per heavy atom. The summed E-state index contributed by atoms with van der Waals surface area (Å²) in [6.45, 7) is 3.96. The molecule has 0 aliphatic rings. The molecule has 0 bridgehead atoms. The smallest absolute Gasteiger partial charge is 0.154 e. The van der Waals surface area contributed by atoms with Crippen molar-refractivity contribution in [2.45, 2.75) is 19.3 Å². The Hall–Kier alpha value is -2.67. The highest BCUT2D eigenvalue weighted by atomic mass is 16.1. The molecule has 0 fully saturated rings. The van der Waals surface area contributed by atoms with E-state index in [4.69, 9.17) is 0 Å². The van der Waals surface area contributed by atoms with Crippen LogP contribution in [0.3, 0.4) is 0 Å². The lowest BCUT2D eigenvalue weighted by Gasteiger charge is -2.36. The summed E-state index contributed by atoms with van der Waals surface area (Å²) in [5.74, 6) is 0.136. The molecule has 24 heavy (non-hydrogen) atoms. The maximum absolute atomic E-state index is 13.6. The Bertz CT molecular complexity index is 693. The Kier molecular flexibility index (Phi) is 4.61. The molecule has 0 amide bonds. The highest BCUT2D eigenvalue weighted by molar-refractivity contribution is 5.98. The number of carbonyl (C=O) groups is 1. The summed E-state index contributed by atoms with van der Waals surface area (Å²) in [5, 5.41) is 0. The van der Waals surface area contributed by atoms with E-state index in [1.807, 2.05) is 68.4 Å². The molecule has 0 heterocycles. The van der Waals surface area contributed by atoms with Crippen LogP contribution in [0.4, 0.5) is 0 Å². The second kappa shape index (κ2) is 6.84. The predicted molar refractivity (Wildman–Crippen MR) is 99.1 cm³/mol. The number of hydrogen-bond acceptors (Lipinski definition) is 1. The van der Waals surface area contributed by atoms with Crippen molar-refractivity contribution in [3.05, 3.63) is 108 Å². The van der Waals surface area contributed by atoms with Crippen molar-refractivity contribution in [3.8, 4) is 0 Å². The van der Waals surface area contributed by atoms with Crippen LogP contribution in [-0.4, -0.2) is 5.78 Å². The molecule has 0 unspecified atom stereocenters. The van der Waals surface area contributed by atoms with E-state index in [-0.39, 0.29) is 11.7 Å². The third-order valence-corrected chi connectivity index (χ3v) is 4.51. The predicted octanol–water partition coefficient (Wildman–Crippen LogP) is 5.25. The minimum atomic E-state index is -0.780. The second-order valence-corrected chi connectivity index (χ2v) is 6.37. The van der Waals surface area contributed by atoms with Crippen molar-refractivity contribution in [3.63, 3.8) is 0 Å². The number of benzene rings is 3. The third-order valence-electron chi connectivity index (χ3n) is 4.51. The zero-order chi connectivity index (χ0) is 17.0. The van der Waals surface area contributed by atoms with Crippen LogP contribution in [0.15, 0.2) is 91.0 Å². The van der Waals surface area contributed by atoms with Gasteiger partial charge in [-0.2, -0.15) is 0 Å². The summed E-state index contributed by atoms with van der Waals surface area (Å²) in [6, 6.07) is 30.3. The van der Waals surface area contributed by atoms with Gasteiger partial charge in [0.05, 0.1) is 0 Å². The first-order chi connectivity index (χ1) is 11.7. The topological polar surface area (TPSA) is 17.1 Å². The second-order valence-electron chi connectivity index (χ2n) is 6.37. The van der Waals surface area contributed by atoms with Crippen LogP contribution in [0.1, 0.15) is 30.5 Å². The van der Waals surface area contributed by atoms with Crippen LogP contribution in [-0.2, 0) is 10.2 Å². The molecule has 0 aromatic heterocycles. The third kappa shape index (κ3) is 2.67. The first kappa shape index (κ1) is 16.2. The van der Waals surface area contributed by atoms with Crippen LogP contribution >= 0.6 is 0 Å². The van der Waals surface area contributed by atoms with Crippen LogP contribution in [0.25, 0.3) is 0 Å². The largest absolute Gasteiger partial charge is 0.298 e. The molecule has 3 aromatic rings. The molecular formula is C23H22O. The van der Waals surface area contributed by atoms with Gasteiger partial charge in [0, 0.05) is 5.92 Å². The van der Waals surface area contributed by atoms with Crippen molar-refractivity contribution in [1.82, 2.24) is 0 Å². The lowest BCUT2D eigenvalue weighted by Crippen LogP contribution is -2.41. The van der Waals surface area contributed by atoms with Gasteiger partial charge >= 0.3 is 0 Å². The van der Waals surface area contributed by atoms with Crippen molar-refractivity contribution < 1.29 is 4.79 Å². The molecule has 3 aromatic carbocycles. The molecule has 0 aliphatic heterocycles. The SMILES string of the molecule is CC(C)C(=O)C(c1ccccc1)(c1ccccc1)c1ccccc1. The zero-order valence-electron chi connectivity index (χ0n) is 14.1. The van der Waals surface area contributed by atoms with Gasteiger partial charge in [-0.25, -0.2) is 0 Å². The maximum atomic E-state index is 13.6. The Labute approximate surface area is 144 Å². The molecule has 0 N–H and O–H groups in total. The molecule has 3 rings (SSSR count). The normalized spacial score (nSPS) is 11.5. The van der Waals surface area contributed by atoms with E-state index in [1.54, 1.807) is 0 Å². The lowest BCUT2D eigenvalue weighted by molar-refractivity contribution is -0.125. The highest BCUT2D eigenvalue weighted by Crippen LogP contribution is 2.41. The fourth-order valence-corrected chi connectivity index (χ4v) is 3.42. The van der Waals surface area contributed by atoms with Crippen molar-refractivity contribution >= 4 is 5.78 Å². The van der Waals surface area contributed by atoms with Crippen LogP contribution in [0, 0.1) is 5.92 Å². The van der Waals surface area contributed by atoms with E-state index in [0.29, 0.717) is 0 Å². The van der Waals surface area contributed by atoms with E-state index < -0.39 is 5.41 Å². The molecule has 0 atom stereocenters. The minimum Gasteiger partial charge on any atom is -0.298 e. The summed E-state index contributed by atoms with van der Waals surface area (Å²) < 4.78 is 0. The average molecular weight is 314 g/mol. The highest BCUT2D eigenvalue weighted by Gasteiger charge is 2.44. The quantitative estimate of drug-likeness (QED) is 0.588. The van der Waals surface area contributed by atoms with E-state index >= 15 is 0 Å². The molecule has 0 saturated carbocycles. The lowest BCUT2D eigenvalue weighted by atomic mass is 9.64. The van der Waals surface area contributed by atoms with E-state index in [0.717, 1.165) is 16.7 Å². The van der Waals surface area contributed by atoms with Crippen molar-refractivity contribution in [2.75, 3.05) is 0 Å². The number of hydrogen-bond donors (Lipinski definition) is 0. The monoisotopic (exact) mass is 314 g/mol. The Morgan fingerprint density at radius 1 is 0.625 bits per heavy atom.